The van der Waals surface area contributed by atoms with Gasteiger partial charge in [-0.15, -0.1) is 11.3 Å². The number of thiazole rings is 1. The summed E-state index contributed by atoms with van der Waals surface area (Å²) in [5.74, 6) is -1.15. The highest BCUT2D eigenvalue weighted by Crippen LogP contribution is 2.28. The van der Waals surface area contributed by atoms with Gasteiger partial charge in [0.25, 0.3) is 5.91 Å². The minimum absolute atomic E-state index is 0.109. The molecule has 3 aromatic heterocycles. The number of amides is 1. The number of nitrogens with zero attached hydrogens (tertiary/aromatic N) is 2. The molecule has 1 aromatic carbocycles. The molecule has 0 atom stereocenters. The van der Waals surface area contributed by atoms with Crippen LogP contribution in [0.3, 0.4) is 0 Å². The van der Waals surface area contributed by atoms with Crippen molar-refractivity contribution in [3.8, 4) is 22.0 Å². The molecular formula is C19H14F2N4O2S. The van der Waals surface area contributed by atoms with Crippen molar-refractivity contribution in [2.45, 2.75) is 13.5 Å². The van der Waals surface area contributed by atoms with Gasteiger partial charge in [-0.3, -0.25) is 9.89 Å². The molecule has 6 nitrogen and oxygen atoms in total. The Labute approximate surface area is 162 Å². The third-order valence-electron chi connectivity index (χ3n) is 4.06. The largest absolute Gasteiger partial charge is 0.462 e. The number of hydrogen-bond acceptors (Lipinski definition) is 5. The average Bonchev–Trinajstić information content (AvgIpc) is 3.40. The van der Waals surface area contributed by atoms with E-state index < -0.39 is 17.5 Å². The number of aromatic amines is 1. The number of halogens is 2. The maximum Gasteiger partial charge on any atom is 0.269 e. The number of nitrogens with one attached hydrogen (secondary N) is 2. The molecule has 0 saturated carbocycles. The van der Waals surface area contributed by atoms with Gasteiger partial charge in [0.2, 0.25) is 0 Å². The SMILES string of the molecule is Cc1nc(-c2ccco2)sc1CNC(=O)c1cc(-c2ccc(F)cc2F)n[nH]1. The van der Waals surface area contributed by atoms with Gasteiger partial charge >= 0.3 is 0 Å². The minimum Gasteiger partial charge on any atom is -0.462 e. The molecule has 4 aromatic rings. The van der Waals surface area contributed by atoms with Crippen LogP contribution in [-0.4, -0.2) is 21.1 Å². The Balaban J connectivity index is 1.46. The first kappa shape index (κ1) is 18.1. The Morgan fingerprint density at radius 3 is 2.89 bits per heavy atom. The van der Waals surface area contributed by atoms with Crippen LogP contribution in [0.2, 0.25) is 0 Å². The van der Waals surface area contributed by atoms with Crippen LogP contribution >= 0.6 is 11.3 Å². The lowest BCUT2D eigenvalue weighted by atomic mass is 10.1. The number of carbonyl (C=O) groups is 1. The van der Waals surface area contributed by atoms with Gasteiger partial charge in [-0.2, -0.15) is 5.10 Å². The number of H-pyrrole nitrogens is 1. The summed E-state index contributed by atoms with van der Waals surface area (Å²) in [6, 6.07) is 8.20. The molecule has 9 heteroatoms. The highest BCUT2D eigenvalue weighted by atomic mass is 32.1. The van der Waals surface area contributed by atoms with Crippen LogP contribution in [-0.2, 0) is 6.54 Å². The second kappa shape index (κ2) is 7.35. The lowest BCUT2D eigenvalue weighted by Crippen LogP contribution is -2.23. The van der Waals surface area contributed by atoms with Crippen LogP contribution in [0.4, 0.5) is 8.78 Å². The Bertz CT molecular complexity index is 1130. The summed E-state index contributed by atoms with van der Waals surface area (Å²) in [4.78, 5) is 17.7. The molecule has 142 valence electrons. The predicted molar refractivity (Wildman–Crippen MR) is 99.7 cm³/mol. The normalized spacial score (nSPS) is 11.0. The standard InChI is InChI=1S/C19H14F2N4O2S/c1-10-17(28-19(23-10)16-3-2-6-27-16)9-22-18(26)15-8-14(24-25-15)12-5-4-11(20)7-13(12)21/h2-8H,9H2,1H3,(H,22,26)(H,24,25). The van der Waals surface area contributed by atoms with Crippen molar-refractivity contribution in [3.05, 3.63) is 70.6 Å². The Morgan fingerprint density at radius 2 is 2.14 bits per heavy atom. The third-order valence-corrected chi connectivity index (χ3v) is 5.24. The van der Waals surface area contributed by atoms with E-state index in [1.54, 1.807) is 12.3 Å². The van der Waals surface area contributed by atoms with E-state index in [0.29, 0.717) is 5.76 Å². The number of rotatable bonds is 5. The Morgan fingerprint density at radius 1 is 1.29 bits per heavy atom. The van der Waals surface area contributed by atoms with E-state index in [2.05, 4.69) is 20.5 Å². The van der Waals surface area contributed by atoms with Crippen molar-refractivity contribution in [1.82, 2.24) is 20.5 Å². The second-order valence-electron chi connectivity index (χ2n) is 5.98. The summed E-state index contributed by atoms with van der Waals surface area (Å²) in [5.41, 5.74) is 1.30. The number of aromatic nitrogens is 3. The minimum atomic E-state index is -0.746. The summed E-state index contributed by atoms with van der Waals surface area (Å²) < 4.78 is 32.2. The molecule has 4 rings (SSSR count). The van der Waals surface area contributed by atoms with E-state index in [-0.39, 0.29) is 23.5 Å². The number of benzene rings is 1. The van der Waals surface area contributed by atoms with Gasteiger partial charge in [-0.25, -0.2) is 13.8 Å². The molecule has 0 radical (unpaired) electrons. The zero-order valence-electron chi connectivity index (χ0n) is 14.6. The second-order valence-corrected chi connectivity index (χ2v) is 7.06. The van der Waals surface area contributed by atoms with Crippen LogP contribution in [0, 0.1) is 18.6 Å². The van der Waals surface area contributed by atoms with E-state index in [1.807, 2.05) is 13.0 Å². The summed E-state index contributed by atoms with van der Waals surface area (Å²) in [7, 11) is 0. The lowest BCUT2D eigenvalue weighted by Gasteiger charge is -2.01. The molecule has 0 unspecified atom stereocenters. The molecule has 3 heterocycles. The predicted octanol–water partition coefficient (Wildman–Crippen LogP) is 4.31. The molecule has 0 saturated heterocycles. The van der Waals surface area contributed by atoms with Gasteiger partial charge in [0.1, 0.15) is 17.3 Å². The van der Waals surface area contributed by atoms with Crippen molar-refractivity contribution in [2.24, 2.45) is 0 Å². The fourth-order valence-corrected chi connectivity index (χ4v) is 3.60. The molecule has 0 spiro atoms. The third kappa shape index (κ3) is 3.56. The monoisotopic (exact) mass is 400 g/mol. The van der Waals surface area contributed by atoms with Crippen LogP contribution < -0.4 is 5.32 Å². The number of hydrogen-bond donors (Lipinski definition) is 2. The molecule has 0 bridgehead atoms. The number of furan rings is 1. The van der Waals surface area contributed by atoms with Crippen LogP contribution in [0.5, 0.6) is 0 Å². The average molecular weight is 400 g/mol. The molecule has 0 aliphatic heterocycles. The van der Waals surface area contributed by atoms with E-state index in [9.17, 15) is 13.6 Å². The van der Waals surface area contributed by atoms with Crippen LogP contribution in [0.1, 0.15) is 21.1 Å². The van der Waals surface area contributed by atoms with Crippen LogP contribution in [0.15, 0.2) is 47.1 Å². The van der Waals surface area contributed by atoms with Gasteiger partial charge in [0.05, 0.1) is 24.2 Å². The maximum absolute atomic E-state index is 13.9. The highest BCUT2D eigenvalue weighted by Gasteiger charge is 2.16. The van der Waals surface area contributed by atoms with Crippen molar-refractivity contribution in [1.29, 1.82) is 0 Å². The first-order chi connectivity index (χ1) is 13.5. The zero-order valence-corrected chi connectivity index (χ0v) is 15.4. The van der Waals surface area contributed by atoms with Gasteiger partial charge in [0.15, 0.2) is 10.8 Å². The molecule has 2 N–H and O–H groups in total. The lowest BCUT2D eigenvalue weighted by molar-refractivity contribution is 0.0946. The molecule has 0 fully saturated rings. The summed E-state index contributed by atoms with van der Waals surface area (Å²) in [6.07, 6.45) is 1.58. The van der Waals surface area contributed by atoms with Crippen molar-refractivity contribution < 1.29 is 18.0 Å². The van der Waals surface area contributed by atoms with Crippen molar-refractivity contribution in [2.75, 3.05) is 0 Å². The summed E-state index contributed by atoms with van der Waals surface area (Å²) >= 11 is 1.43. The fourth-order valence-electron chi connectivity index (χ4n) is 2.63. The Hall–Kier alpha value is -3.33. The topological polar surface area (TPSA) is 83.8 Å². The van der Waals surface area contributed by atoms with Crippen molar-refractivity contribution in [3.63, 3.8) is 0 Å². The van der Waals surface area contributed by atoms with Gasteiger partial charge in [0, 0.05) is 16.5 Å². The quantitative estimate of drug-likeness (QED) is 0.523. The molecular weight excluding hydrogens is 386 g/mol. The molecule has 0 aliphatic rings. The first-order valence-electron chi connectivity index (χ1n) is 8.30. The maximum atomic E-state index is 13.9. The van der Waals surface area contributed by atoms with Gasteiger partial charge < -0.3 is 9.73 Å². The summed E-state index contributed by atoms with van der Waals surface area (Å²) in [5, 5.41) is 10.0. The van der Waals surface area contributed by atoms with E-state index >= 15 is 0 Å². The van der Waals surface area contributed by atoms with E-state index in [0.717, 1.165) is 27.7 Å². The summed E-state index contributed by atoms with van der Waals surface area (Å²) in [6.45, 7) is 2.14. The molecule has 28 heavy (non-hydrogen) atoms. The smallest absolute Gasteiger partial charge is 0.269 e. The zero-order chi connectivity index (χ0) is 19.7. The fraction of sp³-hybridized carbons (Fsp3) is 0.105. The number of carbonyl (C=O) groups excluding carboxylic acids is 1. The van der Waals surface area contributed by atoms with Crippen molar-refractivity contribution >= 4 is 17.2 Å². The van der Waals surface area contributed by atoms with E-state index in [1.165, 1.54) is 23.5 Å². The van der Waals surface area contributed by atoms with Gasteiger partial charge in [-0.1, -0.05) is 0 Å². The molecule has 0 aliphatic carbocycles. The highest BCUT2D eigenvalue weighted by molar-refractivity contribution is 7.15. The van der Waals surface area contributed by atoms with Crippen LogP contribution in [0.25, 0.3) is 22.0 Å². The molecule has 1 amide bonds. The van der Waals surface area contributed by atoms with E-state index in [4.69, 9.17) is 4.42 Å². The number of aryl methyl sites for hydroxylation is 1. The first-order valence-corrected chi connectivity index (χ1v) is 9.12. The Kier molecular flexibility index (Phi) is 4.74. The van der Waals surface area contributed by atoms with Gasteiger partial charge in [-0.05, 0) is 37.3 Å².